The maximum atomic E-state index is 11.5. The molecule has 0 radical (unpaired) electrons. The Morgan fingerprint density at radius 2 is 1.50 bits per heavy atom. The molecule has 0 N–H and O–H groups in total. The van der Waals surface area contributed by atoms with Crippen molar-refractivity contribution in [1.82, 2.24) is 5.06 Å². The van der Waals surface area contributed by atoms with Crippen LogP contribution < -0.4 is 4.84 Å². The normalized spacial score (nSPS) is 18.8. The van der Waals surface area contributed by atoms with Crippen molar-refractivity contribution in [2.75, 3.05) is 0 Å². The van der Waals surface area contributed by atoms with Crippen molar-refractivity contribution in [2.24, 2.45) is 0 Å². The molecule has 10 heteroatoms. The largest absolute Gasteiger partial charge is 0.397 e. The number of nitro groups is 2. The lowest BCUT2D eigenvalue weighted by Crippen LogP contribution is -2.31. The Kier molecular flexibility index (Phi) is 4.42. The van der Waals surface area contributed by atoms with Gasteiger partial charge in [-0.2, -0.15) is 0 Å². The number of fused-ring (bicyclic) bond motifs is 1. The van der Waals surface area contributed by atoms with Gasteiger partial charge in [-0.3, -0.25) is 20.2 Å². The molecule has 2 unspecified atom stereocenters. The number of hydrogen-bond donors (Lipinski definition) is 0. The van der Waals surface area contributed by atoms with Crippen LogP contribution >= 0.6 is 0 Å². The van der Waals surface area contributed by atoms with E-state index in [2.05, 4.69) is 0 Å². The van der Waals surface area contributed by atoms with E-state index in [1.807, 2.05) is 0 Å². The van der Waals surface area contributed by atoms with Crippen LogP contribution in [0.2, 0.25) is 0 Å². The van der Waals surface area contributed by atoms with E-state index in [4.69, 9.17) is 4.84 Å². The Morgan fingerprint density at radius 1 is 0.923 bits per heavy atom. The number of carbonyl (C=O) groups is 2. The van der Waals surface area contributed by atoms with Crippen molar-refractivity contribution >= 4 is 23.9 Å². The number of benzene rings is 2. The fourth-order valence-electron chi connectivity index (χ4n) is 2.83. The minimum atomic E-state index is -0.948. The standard InChI is InChI=1S/C16H11N3O7/c20-8-14-11-3-1-2-4-12(11)15(9-21)17(14)26-16-6-5-10(18(22)23)7-13(16)19(24)25/h1-9,14-15H. The minimum Gasteiger partial charge on any atom is -0.397 e. The summed E-state index contributed by atoms with van der Waals surface area (Å²) in [5.74, 6) is -0.313. The van der Waals surface area contributed by atoms with E-state index < -0.39 is 33.3 Å². The van der Waals surface area contributed by atoms with Gasteiger partial charge in [0.2, 0.25) is 5.75 Å². The van der Waals surface area contributed by atoms with Crippen LogP contribution in [0, 0.1) is 20.2 Å². The van der Waals surface area contributed by atoms with Crippen molar-refractivity contribution < 1.29 is 24.3 Å². The predicted octanol–water partition coefficient (Wildman–Crippen LogP) is 2.29. The maximum absolute atomic E-state index is 11.5. The molecule has 132 valence electrons. The Labute approximate surface area is 145 Å². The SMILES string of the molecule is O=CC1c2ccccc2C(C=O)N1Oc1ccc([N+](=O)[O-])cc1[N+](=O)[O-]. The van der Waals surface area contributed by atoms with E-state index in [1.54, 1.807) is 24.3 Å². The monoisotopic (exact) mass is 357 g/mol. The molecule has 1 aliphatic rings. The zero-order valence-electron chi connectivity index (χ0n) is 13.1. The summed E-state index contributed by atoms with van der Waals surface area (Å²) in [7, 11) is 0. The molecule has 0 amide bonds. The van der Waals surface area contributed by atoms with Gasteiger partial charge >= 0.3 is 5.69 Å². The van der Waals surface area contributed by atoms with Gasteiger partial charge in [-0.05, 0) is 17.2 Å². The molecule has 0 aliphatic carbocycles. The first-order valence-electron chi connectivity index (χ1n) is 7.36. The fourth-order valence-corrected chi connectivity index (χ4v) is 2.83. The number of hydroxylamine groups is 2. The van der Waals surface area contributed by atoms with Crippen LogP contribution in [0.15, 0.2) is 42.5 Å². The molecule has 0 fully saturated rings. The van der Waals surface area contributed by atoms with Crippen LogP contribution in [0.25, 0.3) is 0 Å². The second-order valence-electron chi connectivity index (χ2n) is 5.41. The zero-order valence-corrected chi connectivity index (χ0v) is 13.1. The predicted molar refractivity (Wildman–Crippen MR) is 86.3 cm³/mol. The quantitative estimate of drug-likeness (QED) is 0.437. The van der Waals surface area contributed by atoms with Gasteiger partial charge in [0.25, 0.3) is 5.69 Å². The number of rotatable bonds is 6. The number of carbonyl (C=O) groups excluding carboxylic acids is 2. The molecule has 3 rings (SSSR count). The van der Waals surface area contributed by atoms with E-state index in [0.717, 1.165) is 23.3 Å². The summed E-state index contributed by atoms with van der Waals surface area (Å²) in [4.78, 5) is 49.0. The summed E-state index contributed by atoms with van der Waals surface area (Å²) in [6.07, 6.45) is 1.11. The van der Waals surface area contributed by atoms with Gasteiger partial charge in [-0.1, -0.05) is 24.3 Å². The summed E-state index contributed by atoms with van der Waals surface area (Å²) in [6.45, 7) is 0. The molecule has 26 heavy (non-hydrogen) atoms. The molecule has 0 bridgehead atoms. The lowest BCUT2D eigenvalue weighted by Gasteiger charge is -2.24. The summed E-state index contributed by atoms with van der Waals surface area (Å²) < 4.78 is 0. The van der Waals surface area contributed by atoms with E-state index in [1.165, 1.54) is 0 Å². The summed E-state index contributed by atoms with van der Waals surface area (Å²) >= 11 is 0. The van der Waals surface area contributed by atoms with Crippen LogP contribution in [0.5, 0.6) is 5.75 Å². The first-order chi connectivity index (χ1) is 12.5. The van der Waals surface area contributed by atoms with Crippen molar-refractivity contribution in [1.29, 1.82) is 0 Å². The smallest absolute Gasteiger partial charge is 0.320 e. The summed E-state index contributed by atoms with van der Waals surface area (Å²) in [5.41, 5.74) is -0.0367. The van der Waals surface area contributed by atoms with Gasteiger partial charge in [0.1, 0.15) is 24.7 Å². The number of non-ortho nitro benzene ring substituents is 1. The van der Waals surface area contributed by atoms with Crippen LogP contribution in [-0.4, -0.2) is 27.5 Å². The average Bonchev–Trinajstić information content (AvgIpc) is 2.93. The third kappa shape index (κ3) is 2.78. The molecule has 1 aliphatic heterocycles. The van der Waals surface area contributed by atoms with E-state index in [0.29, 0.717) is 23.7 Å². The van der Waals surface area contributed by atoms with Gasteiger partial charge in [0.15, 0.2) is 0 Å². The highest BCUT2D eigenvalue weighted by Gasteiger charge is 2.41. The number of nitro benzene ring substituents is 2. The van der Waals surface area contributed by atoms with Crippen LogP contribution in [-0.2, 0) is 9.59 Å². The Morgan fingerprint density at radius 3 is 1.96 bits per heavy atom. The third-order valence-electron chi connectivity index (χ3n) is 3.99. The Bertz CT molecular complexity index is 879. The Hall–Kier alpha value is -3.66. The lowest BCUT2D eigenvalue weighted by atomic mass is 10.0. The highest BCUT2D eigenvalue weighted by molar-refractivity contribution is 5.72. The molecule has 2 aromatic rings. The van der Waals surface area contributed by atoms with Crippen molar-refractivity contribution in [3.63, 3.8) is 0 Å². The number of aldehydes is 2. The topological polar surface area (TPSA) is 133 Å². The third-order valence-corrected chi connectivity index (χ3v) is 3.99. The second kappa shape index (κ2) is 6.69. The average molecular weight is 357 g/mol. The van der Waals surface area contributed by atoms with Crippen molar-refractivity contribution in [3.8, 4) is 5.75 Å². The van der Waals surface area contributed by atoms with E-state index in [-0.39, 0.29) is 5.75 Å². The van der Waals surface area contributed by atoms with Crippen LogP contribution in [0.3, 0.4) is 0 Å². The highest BCUT2D eigenvalue weighted by Crippen LogP contribution is 2.42. The molecule has 2 aromatic carbocycles. The molecule has 1 heterocycles. The minimum absolute atomic E-state index is 0.313. The maximum Gasteiger partial charge on any atom is 0.320 e. The molecule has 0 aromatic heterocycles. The highest BCUT2D eigenvalue weighted by atomic mass is 16.7. The molecular formula is C16H11N3O7. The molecule has 0 saturated heterocycles. The fraction of sp³-hybridized carbons (Fsp3) is 0.125. The molecule has 10 nitrogen and oxygen atoms in total. The lowest BCUT2D eigenvalue weighted by molar-refractivity contribution is -0.395. The van der Waals surface area contributed by atoms with Crippen LogP contribution in [0.1, 0.15) is 23.2 Å². The zero-order chi connectivity index (χ0) is 18.8. The van der Waals surface area contributed by atoms with Crippen molar-refractivity contribution in [3.05, 3.63) is 73.8 Å². The van der Waals surface area contributed by atoms with E-state index in [9.17, 15) is 29.8 Å². The van der Waals surface area contributed by atoms with Gasteiger partial charge < -0.3 is 14.4 Å². The first-order valence-corrected chi connectivity index (χ1v) is 7.36. The number of hydrogen-bond acceptors (Lipinski definition) is 8. The van der Waals surface area contributed by atoms with Crippen LogP contribution in [0.4, 0.5) is 11.4 Å². The second-order valence-corrected chi connectivity index (χ2v) is 5.41. The van der Waals surface area contributed by atoms with Gasteiger partial charge in [0.05, 0.1) is 15.9 Å². The Balaban J connectivity index is 2.03. The van der Waals surface area contributed by atoms with Gasteiger partial charge in [-0.25, -0.2) is 0 Å². The molecule has 0 saturated carbocycles. The molecular weight excluding hydrogens is 346 g/mol. The summed E-state index contributed by atoms with van der Waals surface area (Å²) in [6, 6.07) is 7.64. The molecule has 0 spiro atoms. The number of nitrogens with zero attached hydrogens (tertiary/aromatic N) is 3. The van der Waals surface area contributed by atoms with Crippen molar-refractivity contribution in [2.45, 2.75) is 12.1 Å². The first kappa shape index (κ1) is 17.2. The van der Waals surface area contributed by atoms with E-state index >= 15 is 0 Å². The summed E-state index contributed by atoms with van der Waals surface area (Å²) in [5, 5.41) is 23.1. The molecule has 2 atom stereocenters. The van der Waals surface area contributed by atoms with Gasteiger partial charge in [-0.15, -0.1) is 5.06 Å². The van der Waals surface area contributed by atoms with Gasteiger partial charge in [0, 0.05) is 6.07 Å².